The molecule has 1 fully saturated rings. The van der Waals surface area contributed by atoms with Gasteiger partial charge in [-0.25, -0.2) is 4.39 Å². The third-order valence-corrected chi connectivity index (χ3v) is 3.05. The summed E-state index contributed by atoms with van der Waals surface area (Å²) in [4.78, 5) is 12.0. The Morgan fingerprint density at radius 1 is 1.50 bits per heavy atom. The monoisotopic (exact) mass is 252 g/mol. The van der Waals surface area contributed by atoms with Gasteiger partial charge in [0.15, 0.2) is 0 Å². The van der Waals surface area contributed by atoms with Gasteiger partial charge in [-0.2, -0.15) is 0 Å². The molecule has 18 heavy (non-hydrogen) atoms. The van der Waals surface area contributed by atoms with Crippen molar-refractivity contribution in [3.63, 3.8) is 0 Å². The molecule has 1 heterocycles. The lowest BCUT2D eigenvalue weighted by molar-refractivity contribution is -0.118. The molecule has 0 spiro atoms. The van der Waals surface area contributed by atoms with Crippen molar-refractivity contribution in [1.29, 1.82) is 0 Å². The third-order valence-electron chi connectivity index (χ3n) is 3.05. The van der Waals surface area contributed by atoms with E-state index in [-0.39, 0.29) is 11.9 Å². The van der Waals surface area contributed by atoms with Gasteiger partial charge in [-0.05, 0) is 31.5 Å². The van der Waals surface area contributed by atoms with Gasteiger partial charge in [0, 0.05) is 6.07 Å². The van der Waals surface area contributed by atoms with Gasteiger partial charge >= 0.3 is 0 Å². The van der Waals surface area contributed by atoms with Gasteiger partial charge in [-0.1, -0.05) is 6.42 Å². The molecule has 2 rings (SSSR count). The molecule has 98 valence electrons. The van der Waals surface area contributed by atoms with Crippen LogP contribution in [0, 0.1) is 5.82 Å². The Labute approximate surface area is 106 Å². The van der Waals surface area contributed by atoms with Gasteiger partial charge in [0.1, 0.15) is 11.6 Å². The number of piperidine rings is 1. The maximum Gasteiger partial charge on any atom is 0.241 e. The van der Waals surface area contributed by atoms with Gasteiger partial charge in [0.25, 0.3) is 0 Å². The Hall–Kier alpha value is -1.62. The summed E-state index contributed by atoms with van der Waals surface area (Å²) in [6, 6.07) is 3.86. The topological polar surface area (TPSA) is 50.4 Å². The largest absolute Gasteiger partial charge is 0.495 e. The fraction of sp³-hybridized carbons (Fsp3) is 0.462. The predicted octanol–water partition coefficient (Wildman–Crippen LogP) is 1.91. The molecule has 5 heteroatoms. The molecule has 0 radical (unpaired) electrons. The van der Waals surface area contributed by atoms with Gasteiger partial charge in [-0.15, -0.1) is 0 Å². The molecule has 1 aromatic rings. The SMILES string of the molecule is COc1ccc(F)cc1NC(=O)C1CCCCN1. The zero-order valence-corrected chi connectivity index (χ0v) is 10.3. The Balaban J connectivity index is 2.07. The number of anilines is 1. The van der Waals surface area contributed by atoms with Crippen molar-refractivity contribution in [1.82, 2.24) is 5.32 Å². The smallest absolute Gasteiger partial charge is 0.241 e. The summed E-state index contributed by atoms with van der Waals surface area (Å²) in [6.07, 6.45) is 2.93. The molecule has 1 aliphatic heterocycles. The highest BCUT2D eigenvalue weighted by Crippen LogP contribution is 2.25. The standard InChI is InChI=1S/C13H17FN2O2/c1-18-12-6-5-9(14)8-11(12)16-13(17)10-4-2-3-7-15-10/h5-6,8,10,15H,2-4,7H2,1H3,(H,16,17). The number of methoxy groups -OCH3 is 1. The number of hydrogen-bond acceptors (Lipinski definition) is 3. The average molecular weight is 252 g/mol. The third kappa shape index (κ3) is 2.98. The van der Waals surface area contributed by atoms with Crippen LogP contribution < -0.4 is 15.4 Å². The number of halogens is 1. The van der Waals surface area contributed by atoms with E-state index in [1.165, 1.54) is 25.3 Å². The summed E-state index contributed by atoms with van der Waals surface area (Å²) in [5.74, 6) is -0.0816. The second-order valence-electron chi connectivity index (χ2n) is 4.34. The second kappa shape index (κ2) is 5.82. The maximum atomic E-state index is 13.2. The van der Waals surface area contributed by atoms with Crippen molar-refractivity contribution in [2.75, 3.05) is 19.0 Å². The van der Waals surface area contributed by atoms with Gasteiger partial charge in [-0.3, -0.25) is 4.79 Å². The van der Waals surface area contributed by atoms with Crippen molar-refractivity contribution in [2.24, 2.45) is 0 Å². The number of benzene rings is 1. The molecular weight excluding hydrogens is 235 g/mol. The highest BCUT2D eigenvalue weighted by molar-refractivity contribution is 5.96. The van der Waals surface area contributed by atoms with E-state index in [1.807, 2.05) is 0 Å². The van der Waals surface area contributed by atoms with E-state index in [1.54, 1.807) is 0 Å². The van der Waals surface area contributed by atoms with E-state index in [0.29, 0.717) is 11.4 Å². The number of amides is 1. The molecule has 1 aliphatic rings. The molecular formula is C13H17FN2O2. The molecule has 1 unspecified atom stereocenters. The van der Waals surface area contributed by atoms with Gasteiger partial charge in [0.05, 0.1) is 18.8 Å². The lowest BCUT2D eigenvalue weighted by Gasteiger charge is -2.23. The Morgan fingerprint density at radius 3 is 3.00 bits per heavy atom. The van der Waals surface area contributed by atoms with E-state index in [0.717, 1.165) is 25.8 Å². The molecule has 0 aliphatic carbocycles. The number of carbonyl (C=O) groups is 1. The lowest BCUT2D eigenvalue weighted by atomic mass is 10.0. The van der Waals surface area contributed by atoms with E-state index in [4.69, 9.17) is 4.74 Å². The van der Waals surface area contributed by atoms with Crippen LogP contribution in [0.2, 0.25) is 0 Å². The normalized spacial score (nSPS) is 19.3. The van der Waals surface area contributed by atoms with Crippen LogP contribution in [0.25, 0.3) is 0 Å². The highest BCUT2D eigenvalue weighted by atomic mass is 19.1. The summed E-state index contributed by atoms with van der Waals surface area (Å²) in [5.41, 5.74) is 0.370. The van der Waals surface area contributed by atoms with Crippen molar-refractivity contribution >= 4 is 11.6 Å². The van der Waals surface area contributed by atoms with Crippen LogP contribution in [0.5, 0.6) is 5.75 Å². The predicted molar refractivity (Wildman–Crippen MR) is 67.2 cm³/mol. The summed E-state index contributed by atoms with van der Waals surface area (Å²) < 4.78 is 18.2. The highest BCUT2D eigenvalue weighted by Gasteiger charge is 2.21. The first-order valence-corrected chi connectivity index (χ1v) is 6.08. The Bertz CT molecular complexity index is 431. The molecule has 0 aromatic heterocycles. The van der Waals surface area contributed by atoms with Crippen molar-refractivity contribution in [3.05, 3.63) is 24.0 Å². The second-order valence-corrected chi connectivity index (χ2v) is 4.34. The fourth-order valence-electron chi connectivity index (χ4n) is 2.07. The van der Waals surface area contributed by atoms with Crippen LogP contribution in [0.4, 0.5) is 10.1 Å². The van der Waals surface area contributed by atoms with Crippen LogP contribution in [0.3, 0.4) is 0 Å². The van der Waals surface area contributed by atoms with Gasteiger partial charge < -0.3 is 15.4 Å². The quantitative estimate of drug-likeness (QED) is 0.864. The minimum absolute atomic E-state index is 0.140. The van der Waals surface area contributed by atoms with Crippen molar-refractivity contribution in [3.8, 4) is 5.75 Å². The first-order chi connectivity index (χ1) is 8.70. The molecule has 2 N–H and O–H groups in total. The molecule has 1 saturated heterocycles. The van der Waals surface area contributed by atoms with E-state index < -0.39 is 5.82 Å². The maximum absolute atomic E-state index is 13.2. The van der Waals surface area contributed by atoms with Gasteiger partial charge in [0.2, 0.25) is 5.91 Å². The first-order valence-electron chi connectivity index (χ1n) is 6.08. The average Bonchev–Trinajstić information content (AvgIpc) is 2.40. The molecule has 0 saturated carbocycles. The van der Waals surface area contributed by atoms with Crippen LogP contribution >= 0.6 is 0 Å². The summed E-state index contributed by atoms with van der Waals surface area (Å²) in [6.45, 7) is 0.846. The zero-order valence-electron chi connectivity index (χ0n) is 10.3. The summed E-state index contributed by atoms with van der Waals surface area (Å²) in [5, 5.41) is 5.85. The number of rotatable bonds is 3. The number of carbonyl (C=O) groups excluding carboxylic acids is 1. The molecule has 0 bridgehead atoms. The molecule has 1 atom stereocenters. The number of hydrogen-bond donors (Lipinski definition) is 2. The minimum atomic E-state index is -0.400. The number of ether oxygens (including phenoxy) is 1. The van der Waals surface area contributed by atoms with Crippen LogP contribution in [-0.2, 0) is 4.79 Å². The number of nitrogens with one attached hydrogen (secondary N) is 2. The van der Waals surface area contributed by atoms with Crippen molar-refractivity contribution < 1.29 is 13.9 Å². The minimum Gasteiger partial charge on any atom is -0.495 e. The molecule has 1 aromatic carbocycles. The van der Waals surface area contributed by atoms with E-state index >= 15 is 0 Å². The molecule has 1 amide bonds. The van der Waals surface area contributed by atoms with Crippen LogP contribution in [0.1, 0.15) is 19.3 Å². The first kappa shape index (κ1) is 12.8. The van der Waals surface area contributed by atoms with E-state index in [9.17, 15) is 9.18 Å². The van der Waals surface area contributed by atoms with Crippen molar-refractivity contribution in [2.45, 2.75) is 25.3 Å². The fourth-order valence-corrected chi connectivity index (χ4v) is 2.07. The van der Waals surface area contributed by atoms with Crippen LogP contribution in [-0.4, -0.2) is 25.6 Å². The van der Waals surface area contributed by atoms with Crippen LogP contribution in [0.15, 0.2) is 18.2 Å². The Morgan fingerprint density at radius 2 is 2.33 bits per heavy atom. The van der Waals surface area contributed by atoms with E-state index in [2.05, 4.69) is 10.6 Å². The Kier molecular flexibility index (Phi) is 4.15. The summed E-state index contributed by atoms with van der Waals surface area (Å²) in [7, 11) is 1.49. The lowest BCUT2D eigenvalue weighted by Crippen LogP contribution is -2.43. The molecule has 4 nitrogen and oxygen atoms in total. The zero-order chi connectivity index (χ0) is 13.0. The summed E-state index contributed by atoms with van der Waals surface area (Å²) >= 11 is 0.